The number of amidine groups is 1. The smallest absolute Gasteiger partial charge is 0.226 e. The van der Waals surface area contributed by atoms with Gasteiger partial charge < -0.3 is 10.2 Å². The van der Waals surface area contributed by atoms with E-state index in [1.807, 2.05) is 24.3 Å². The van der Waals surface area contributed by atoms with Gasteiger partial charge in [-0.25, -0.2) is 0 Å². The fraction of sp³-hybridized carbons (Fsp3) is 0.579. The lowest BCUT2D eigenvalue weighted by atomic mass is 10.1. The van der Waals surface area contributed by atoms with Crippen molar-refractivity contribution in [1.29, 1.82) is 0 Å². The van der Waals surface area contributed by atoms with E-state index < -0.39 is 0 Å². The van der Waals surface area contributed by atoms with Gasteiger partial charge in [-0.1, -0.05) is 53.4 Å². The van der Waals surface area contributed by atoms with Gasteiger partial charge in [0, 0.05) is 35.4 Å². The zero-order valence-electron chi connectivity index (χ0n) is 15.1. The van der Waals surface area contributed by atoms with Gasteiger partial charge in [0.2, 0.25) is 5.91 Å². The number of thioether (sulfide) groups is 1. The van der Waals surface area contributed by atoms with Crippen LogP contribution in [0.2, 0.25) is 0 Å². The summed E-state index contributed by atoms with van der Waals surface area (Å²) in [7, 11) is 2.08. The number of hydrogen-bond donors (Lipinski definition) is 1. The summed E-state index contributed by atoms with van der Waals surface area (Å²) in [5, 5.41) is 4.10. The Balaban J connectivity index is 0.00000243. The molecule has 2 aliphatic rings. The number of benzene rings is 1. The number of halogens is 2. The molecule has 26 heavy (non-hydrogen) atoms. The number of amides is 1. The number of anilines is 1. The minimum absolute atomic E-state index is 0. The van der Waals surface area contributed by atoms with Crippen molar-refractivity contribution in [3.05, 3.63) is 28.7 Å². The van der Waals surface area contributed by atoms with Crippen LogP contribution >= 0.6 is 40.1 Å². The third-order valence-corrected chi connectivity index (χ3v) is 6.65. The van der Waals surface area contributed by atoms with E-state index in [0.29, 0.717) is 12.5 Å². The summed E-state index contributed by atoms with van der Waals surface area (Å²) in [5.74, 6) is 1.01. The Morgan fingerprint density at radius 2 is 1.88 bits per heavy atom. The zero-order valence-corrected chi connectivity index (χ0v) is 18.3. The minimum Gasteiger partial charge on any atom is -0.350 e. The van der Waals surface area contributed by atoms with E-state index in [1.54, 1.807) is 11.8 Å². The SMILES string of the molecule is CN1C(=NC2CCCCCC2)SCC1CC(=O)Nc1ccc(Br)cc1.Cl. The lowest BCUT2D eigenvalue weighted by molar-refractivity contribution is -0.116. The molecule has 1 unspecified atom stereocenters. The molecule has 1 aliphatic heterocycles. The standard InChI is InChI=1S/C19H26BrN3OS.ClH/c1-23-17(12-18(24)21-16-10-8-14(20)9-11-16)13-25-19(23)22-15-6-4-2-3-5-7-15;/h8-11,15,17H,2-7,12-13H2,1H3,(H,21,24);1H. The van der Waals surface area contributed by atoms with Crippen molar-refractivity contribution in [3.8, 4) is 0 Å². The van der Waals surface area contributed by atoms with Crippen LogP contribution in [0.1, 0.15) is 44.9 Å². The number of nitrogens with zero attached hydrogens (tertiary/aromatic N) is 2. The zero-order chi connectivity index (χ0) is 17.6. The second kappa shape index (κ2) is 10.6. The van der Waals surface area contributed by atoms with E-state index in [-0.39, 0.29) is 24.4 Å². The van der Waals surface area contributed by atoms with Gasteiger partial charge in [-0.05, 0) is 37.1 Å². The molecular weight excluding hydrogens is 434 g/mol. The minimum atomic E-state index is 0. The highest BCUT2D eigenvalue weighted by Crippen LogP contribution is 2.28. The Morgan fingerprint density at radius 1 is 1.23 bits per heavy atom. The van der Waals surface area contributed by atoms with Gasteiger partial charge in [0.25, 0.3) is 0 Å². The predicted molar refractivity (Wildman–Crippen MR) is 118 cm³/mol. The van der Waals surface area contributed by atoms with Crippen LogP contribution in [0.25, 0.3) is 0 Å². The quantitative estimate of drug-likeness (QED) is 0.618. The van der Waals surface area contributed by atoms with Crippen molar-refractivity contribution in [2.75, 3.05) is 18.1 Å². The van der Waals surface area contributed by atoms with Crippen LogP contribution in [0.4, 0.5) is 5.69 Å². The number of carbonyl (C=O) groups excluding carboxylic acids is 1. The van der Waals surface area contributed by atoms with Crippen LogP contribution in [0.3, 0.4) is 0 Å². The molecule has 4 nitrogen and oxygen atoms in total. The summed E-state index contributed by atoms with van der Waals surface area (Å²) < 4.78 is 1.01. The molecule has 1 saturated carbocycles. The average molecular weight is 461 g/mol. The molecular formula is C19H27BrClN3OS. The number of carbonyl (C=O) groups is 1. The first-order valence-corrected chi connectivity index (χ1v) is 10.9. The van der Waals surface area contributed by atoms with Gasteiger partial charge >= 0.3 is 0 Å². The second-order valence-electron chi connectivity index (χ2n) is 6.89. The van der Waals surface area contributed by atoms with Crippen molar-refractivity contribution in [3.63, 3.8) is 0 Å². The van der Waals surface area contributed by atoms with Crippen molar-refractivity contribution < 1.29 is 4.79 Å². The highest BCUT2D eigenvalue weighted by atomic mass is 79.9. The molecule has 2 fully saturated rings. The molecule has 144 valence electrons. The Hall–Kier alpha value is -0.720. The van der Waals surface area contributed by atoms with Crippen LogP contribution in [0, 0.1) is 0 Å². The fourth-order valence-corrected chi connectivity index (χ4v) is 4.89. The van der Waals surface area contributed by atoms with Crippen LogP contribution in [0.5, 0.6) is 0 Å². The van der Waals surface area contributed by atoms with E-state index in [9.17, 15) is 4.79 Å². The maximum atomic E-state index is 12.3. The highest BCUT2D eigenvalue weighted by molar-refractivity contribution is 9.10. The molecule has 1 N–H and O–H groups in total. The normalized spacial score (nSPS) is 22.8. The number of aliphatic imine (C=N–C) groups is 1. The topological polar surface area (TPSA) is 44.7 Å². The largest absolute Gasteiger partial charge is 0.350 e. The lowest BCUT2D eigenvalue weighted by Crippen LogP contribution is -2.34. The summed E-state index contributed by atoms with van der Waals surface area (Å²) in [6.07, 6.45) is 8.23. The molecule has 3 rings (SSSR count). The van der Waals surface area contributed by atoms with Crippen LogP contribution in [-0.4, -0.2) is 40.9 Å². The summed E-state index contributed by atoms with van der Waals surface area (Å²) in [5.41, 5.74) is 0.842. The van der Waals surface area contributed by atoms with Crippen molar-refractivity contribution in [1.82, 2.24) is 4.90 Å². The molecule has 1 aromatic carbocycles. The average Bonchev–Trinajstić information content (AvgIpc) is 2.79. The van der Waals surface area contributed by atoms with Gasteiger partial charge in [0.1, 0.15) is 0 Å². The molecule has 0 radical (unpaired) electrons. The monoisotopic (exact) mass is 459 g/mol. The van der Waals surface area contributed by atoms with Gasteiger partial charge in [-0.3, -0.25) is 9.79 Å². The number of nitrogens with one attached hydrogen (secondary N) is 1. The van der Waals surface area contributed by atoms with E-state index in [2.05, 4.69) is 33.2 Å². The van der Waals surface area contributed by atoms with E-state index in [4.69, 9.17) is 4.99 Å². The first kappa shape index (κ1) is 21.6. The Bertz CT molecular complexity index is 618. The Morgan fingerprint density at radius 3 is 2.54 bits per heavy atom. The first-order valence-electron chi connectivity index (χ1n) is 9.10. The summed E-state index contributed by atoms with van der Waals surface area (Å²) in [4.78, 5) is 19.5. The highest BCUT2D eigenvalue weighted by Gasteiger charge is 2.29. The summed E-state index contributed by atoms with van der Waals surface area (Å²) in [6, 6.07) is 8.39. The van der Waals surface area contributed by atoms with Gasteiger partial charge in [0.05, 0.1) is 6.04 Å². The van der Waals surface area contributed by atoms with Crippen LogP contribution in [0.15, 0.2) is 33.7 Å². The maximum Gasteiger partial charge on any atom is 0.226 e. The molecule has 7 heteroatoms. The fourth-order valence-electron chi connectivity index (χ4n) is 3.37. The predicted octanol–water partition coefficient (Wildman–Crippen LogP) is 5.33. The Labute approximate surface area is 175 Å². The first-order chi connectivity index (χ1) is 12.1. The molecule has 1 aliphatic carbocycles. The number of hydrogen-bond acceptors (Lipinski definition) is 3. The molecule has 1 aromatic rings. The van der Waals surface area contributed by atoms with E-state index in [1.165, 1.54) is 38.5 Å². The Kier molecular flexibility index (Phi) is 8.77. The summed E-state index contributed by atoms with van der Waals surface area (Å²) >= 11 is 5.21. The third kappa shape index (κ3) is 6.17. The van der Waals surface area contributed by atoms with E-state index >= 15 is 0 Å². The molecule has 0 aromatic heterocycles. The van der Waals surface area contributed by atoms with Crippen molar-refractivity contribution >= 4 is 56.9 Å². The molecule has 0 spiro atoms. The van der Waals surface area contributed by atoms with Crippen LogP contribution < -0.4 is 5.32 Å². The van der Waals surface area contributed by atoms with Crippen molar-refractivity contribution in [2.24, 2.45) is 4.99 Å². The third-order valence-electron chi connectivity index (χ3n) is 4.92. The molecule has 0 bridgehead atoms. The lowest BCUT2D eigenvalue weighted by Gasteiger charge is -2.21. The number of rotatable bonds is 4. The van der Waals surface area contributed by atoms with Gasteiger partial charge in [-0.2, -0.15) is 0 Å². The van der Waals surface area contributed by atoms with Crippen molar-refractivity contribution in [2.45, 2.75) is 57.0 Å². The van der Waals surface area contributed by atoms with Gasteiger partial charge in [-0.15, -0.1) is 12.4 Å². The maximum absolute atomic E-state index is 12.3. The molecule has 1 atom stereocenters. The molecule has 1 saturated heterocycles. The summed E-state index contributed by atoms with van der Waals surface area (Å²) in [6.45, 7) is 0. The molecule has 1 amide bonds. The molecule has 1 heterocycles. The second-order valence-corrected chi connectivity index (χ2v) is 8.79. The van der Waals surface area contributed by atoms with E-state index in [0.717, 1.165) is 21.1 Å². The van der Waals surface area contributed by atoms with Crippen LogP contribution in [-0.2, 0) is 4.79 Å². The van der Waals surface area contributed by atoms with Gasteiger partial charge in [0.15, 0.2) is 5.17 Å².